The first-order valence-electron chi connectivity index (χ1n) is 7.69. The number of hydrogen-bond acceptors (Lipinski definition) is 1. The fourth-order valence-electron chi connectivity index (χ4n) is 3.07. The second kappa shape index (κ2) is 5.29. The maximum absolute atomic E-state index is 6.31. The molecule has 23 heavy (non-hydrogen) atoms. The van der Waals surface area contributed by atoms with E-state index in [4.69, 9.17) is 5.73 Å². The molecule has 0 aromatic heterocycles. The van der Waals surface area contributed by atoms with Crippen LogP contribution in [0.4, 0.5) is 5.69 Å². The molecule has 0 amide bonds. The first-order chi connectivity index (χ1) is 11.2. The Bertz CT molecular complexity index is 1030. The summed E-state index contributed by atoms with van der Waals surface area (Å²) in [5.74, 6) is 0. The Morgan fingerprint density at radius 3 is 1.87 bits per heavy atom. The minimum atomic E-state index is 0.765. The molecule has 4 aromatic rings. The van der Waals surface area contributed by atoms with Gasteiger partial charge in [0.15, 0.2) is 0 Å². The monoisotopic (exact) mass is 295 g/mol. The maximum atomic E-state index is 6.31. The maximum Gasteiger partial charge on any atom is 0.0400 e. The minimum Gasteiger partial charge on any atom is -0.398 e. The molecule has 0 saturated heterocycles. The molecule has 0 unspecified atom stereocenters. The van der Waals surface area contributed by atoms with E-state index in [1.54, 1.807) is 0 Å². The highest BCUT2D eigenvalue weighted by Crippen LogP contribution is 2.32. The average molecular weight is 295 g/mol. The van der Waals surface area contributed by atoms with E-state index in [9.17, 15) is 0 Å². The molecule has 2 N–H and O–H groups in total. The van der Waals surface area contributed by atoms with Crippen LogP contribution in [0.1, 0.15) is 11.1 Å². The summed E-state index contributed by atoms with van der Waals surface area (Å²) in [5.41, 5.74) is 10.1. The lowest BCUT2D eigenvalue weighted by molar-refractivity contribution is 1.57. The SMILES string of the molecule is C=C(c1ccccc1)c1cc2cc3ccccc3cc2cc1N. The molecule has 0 aliphatic rings. The van der Waals surface area contributed by atoms with Crippen molar-refractivity contribution < 1.29 is 0 Å². The predicted molar refractivity (Wildman–Crippen MR) is 100 cm³/mol. The van der Waals surface area contributed by atoms with E-state index in [0.29, 0.717) is 0 Å². The molecule has 4 rings (SSSR count). The van der Waals surface area contributed by atoms with Crippen LogP contribution < -0.4 is 5.73 Å². The molecule has 0 atom stereocenters. The third-order valence-electron chi connectivity index (χ3n) is 4.32. The lowest BCUT2D eigenvalue weighted by Gasteiger charge is -2.12. The van der Waals surface area contributed by atoms with Gasteiger partial charge in [-0.1, -0.05) is 61.2 Å². The number of hydrogen-bond donors (Lipinski definition) is 1. The first-order valence-corrected chi connectivity index (χ1v) is 7.69. The van der Waals surface area contributed by atoms with Crippen molar-refractivity contribution in [1.82, 2.24) is 0 Å². The summed E-state index contributed by atoms with van der Waals surface area (Å²) in [6.45, 7) is 4.25. The molecule has 0 aliphatic carbocycles. The van der Waals surface area contributed by atoms with Crippen LogP contribution in [0.25, 0.3) is 27.1 Å². The van der Waals surface area contributed by atoms with Gasteiger partial charge in [0.05, 0.1) is 0 Å². The fourth-order valence-corrected chi connectivity index (χ4v) is 3.07. The van der Waals surface area contributed by atoms with Crippen molar-refractivity contribution in [1.29, 1.82) is 0 Å². The second-order valence-corrected chi connectivity index (χ2v) is 5.83. The highest BCUT2D eigenvalue weighted by atomic mass is 14.6. The molecule has 4 aromatic carbocycles. The topological polar surface area (TPSA) is 26.0 Å². The largest absolute Gasteiger partial charge is 0.398 e. The summed E-state index contributed by atoms with van der Waals surface area (Å²) in [6.07, 6.45) is 0. The molecule has 1 heteroatoms. The molecule has 0 bridgehead atoms. The van der Waals surface area contributed by atoms with Crippen LogP contribution >= 0.6 is 0 Å². The van der Waals surface area contributed by atoms with E-state index in [2.05, 4.69) is 61.2 Å². The standard InChI is InChI=1S/C22H17N/c1-15(16-7-3-2-4-8-16)21-13-19-11-17-9-5-6-10-18(17)12-20(19)14-22(21)23/h2-14H,1,23H2. The first kappa shape index (κ1) is 13.6. The van der Waals surface area contributed by atoms with Crippen LogP contribution in [0.3, 0.4) is 0 Å². The number of anilines is 1. The van der Waals surface area contributed by atoms with Crippen LogP contribution in [-0.2, 0) is 0 Å². The van der Waals surface area contributed by atoms with Crippen molar-refractivity contribution >= 4 is 32.8 Å². The second-order valence-electron chi connectivity index (χ2n) is 5.83. The van der Waals surface area contributed by atoms with Crippen LogP contribution in [0, 0.1) is 0 Å². The van der Waals surface area contributed by atoms with Gasteiger partial charge in [-0.05, 0) is 56.9 Å². The summed E-state index contributed by atoms with van der Waals surface area (Å²) in [6, 6.07) is 27.2. The van der Waals surface area contributed by atoms with E-state index >= 15 is 0 Å². The van der Waals surface area contributed by atoms with Gasteiger partial charge in [-0.3, -0.25) is 0 Å². The molecule has 0 radical (unpaired) electrons. The summed E-state index contributed by atoms with van der Waals surface area (Å²) in [7, 11) is 0. The van der Waals surface area contributed by atoms with Crippen molar-refractivity contribution in [2.45, 2.75) is 0 Å². The minimum absolute atomic E-state index is 0.765. The highest BCUT2D eigenvalue weighted by Gasteiger charge is 2.08. The smallest absolute Gasteiger partial charge is 0.0400 e. The molecule has 0 fully saturated rings. The fraction of sp³-hybridized carbons (Fsp3) is 0. The van der Waals surface area contributed by atoms with Gasteiger partial charge in [0.25, 0.3) is 0 Å². The Morgan fingerprint density at radius 2 is 1.22 bits per heavy atom. The summed E-state index contributed by atoms with van der Waals surface area (Å²) >= 11 is 0. The number of fused-ring (bicyclic) bond motifs is 2. The lowest BCUT2D eigenvalue weighted by Crippen LogP contribution is -1.95. The van der Waals surface area contributed by atoms with E-state index < -0.39 is 0 Å². The highest BCUT2D eigenvalue weighted by molar-refractivity contribution is 6.02. The number of nitrogens with two attached hydrogens (primary N) is 1. The lowest BCUT2D eigenvalue weighted by atomic mass is 9.94. The number of nitrogen functional groups attached to an aromatic ring is 1. The number of rotatable bonds is 2. The zero-order valence-corrected chi connectivity index (χ0v) is 12.8. The molecule has 0 aliphatic heterocycles. The molecule has 0 saturated carbocycles. The van der Waals surface area contributed by atoms with Crippen LogP contribution in [0.15, 0.2) is 85.4 Å². The van der Waals surface area contributed by atoms with Gasteiger partial charge in [0, 0.05) is 11.3 Å². The van der Waals surface area contributed by atoms with Crippen LogP contribution in [0.5, 0.6) is 0 Å². The van der Waals surface area contributed by atoms with Crippen molar-refractivity contribution in [3.05, 3.63) is 96.6 Å². The normalized spacial score (nSPS) is 11.0. The Kier molecular flexibility index (Phi) is 3.13. The molecular weight excluding hydrogens is 278 g/mol. The van der Waals surface area contributed by atoms with Gasteiger partial charge in [-0.25, -0.2) is 0 Å². The number of benzene rings is 4. The van der Waals surface area contributed by atoms with Crippen LogP contribution in [-0.4, -0.2) is 0 Å². The Labute approximate surface area is 135 Å². The Hall–Kier alpha value is -3.06. The van der Waals surface area contributed by atoms with Crippen molar-refractivity contribution in [3.8, 4) is 0 Å². The average Bonchev–Trinajstić information content (AvgIpc) is 2.59. The quantitative estimate of drug-likeness (QED) is 0.376. The predicted octanol–water partition coefficient (Wildman–Crippen LogP) is 5.64. The van der Waals surface area contributed by atoms with Crippen molar-refractivity contribution in [2.75, 3.05) is 5.73 Å². The molecule has 110 valence electrons. The van der Waals surface area contributed by atoms with E-state index in [0.717, 1.165) is 27.8 Å². The van der Waals surface area contributed by atoms with Crippen molar-refractivity contribution in [2.24, 2.45) is 0 Å². The van der Waals surface area contributed by atoms with Gasteiger partial charge < -0.3 is 5.73 Å². The third kappa shape index (κ3) is 2.36. The molecular formula is C22H17N. The molecule has 0 heterocycles. The van der Waals surface area contributed by atoms with Gasteiger partial charge in [0.2, 0.25) is 0 Å². The van der Waals surface area contributed by atoms with Gasteiger partial charge in [-0.2, -0.15) is 0 Å². The van der Waals surface area contributed by atoms with Gasteiger partial charge in [-0.15, -0.1) is 0 Å². The van der Waals surface area contributed by atoms with Crippen LogP contribution in [0.2, 0.25) is 0 Å². The summed E-state index contributed by atoms with van der Waals surface area (Å²) < 4.78 is 0. The van der Waals surface area contributed by atoms with E-state index in [-0.39, 0.29) is 0 Å². The third-order valence-corrected chi connectivity index (χ3v) is 4.32. The Morgan fingerprint density at radius 1 is 0.652 bits per heavy atom. The zero-order valence-electron chi connectivity index (χ0n) is 12.8. The molecule has 1 nitrogen and oxygen atoms in total. The Balaban J connectivity index is 1.92. The van der Waals surface area contributed by atoms with Gasteiger partial charge in [0.1, 0.15) is 0 Å². The summed E-state index contributed by atoms with van der Waals surface area (Å²) in [4.78, 5) is 0. The summed E-state index contributed by atoms with van der Waals surface area (Å²) in [5, 5.41) is 4.81. The zero-order chi connectivity index (χ0) is 15.8. The van der Waals surface area contributed by atoms with E-state index in [1.807, 2.05) is 24.3 Å². The van der Waals surface area contributed by atoms with Gasteiger partial charge >= 0.3 is 0 Å². The van der Waals surface area contributed by atoms with Crippen molar-refractivity contribution in [3.63, 3.8) is 0 Å². The molecule has 0 spiro atoms. The van der Waals surface area contributed by atoms with E-state index in [1.165, 1.54) is 16.2 Å².